The largest absolute Gasteiger partial charge is 0.303 e. The maximum absolute atomic E-state index is 11.5. The summed E-state index contributed by atoms with van der Waals surface area (Å²) in [6.07, 6.45) is 2.96. The molecule has 1 saturated heterocycles. The Balaban J connectivity index is 2.32. The summed E-state index contributed by atoms with van der Waals surface area (Å²) in [7, 11) is -3.16. The van der Waals surface area contributed by atoms with Gasteiger partial charge in [0.25, 0.3) is 0 Å². The quantitative estimate of drug-likeness (QED) is 0.732. The third-order valence-electron chi connectivity index (χ3n) is 2.82. The molecule has 0 radical (unpaired) electrons. The van der Waals surface area contributed by atoms with Gasteiger partial charge in [-0.1, -0.05) is 6.92 Å². The number of alkyl halides is 1. The predicted octanol–water partition coefficient (Wildman–Crippen LogP) is 1.02. The number of hydrogen-bond donors (Lipinski definition) is 1. The van der Waals surface area contributed by atoms with Gasteiger partial charge < -0.3 is 4.90 Å². The van der Waals surface area contributed by atoms with Gasteiger partial charge in [0.05, 0.1) is 5.75 Å². The van der Waals surface area contributed by atoms with E-state index in [4.69, 9.17) is 11.6 Å². The van der Waals surface area contributed by atoms with Gasteiger partial charge >= 0.3 is 0 Å². The van der Waals surface area contributed by atoms with Crippen molar-refractivity contribution in [2.24, 2.45) is 0 Å². The first-order valence-corrected chi connectivity index (χ1v) is 8.04. The van der Waals surface area contributed by atoms with Crippen LogP contribution in [0.2, 0.25) is 0 Å². The molecule has 1 rings (SSSR count). The number of rotatable bonds is 6. The van der Waals surface area contributed by atoms with E-state index in [1.807, 2.05) is 0 Å². The summed E-state index contributed by atoms with van der Waals surface area (Å²) < 4.78 is 25.7. The monoisotopic (exact) mass is 268 g/mol. The van der Waals surface area contributed by atoms with E-state index in [-0.39, 0.29) is 17.7 Å². The maximum atomic E-state index is 11.5. The standard InChI is InChI=1S/C10H21ClN2O2S/c1-2-6-13-7-3-10(4-8-13)12-16(14,15)9-5-11/h10,12H,2-9H2,1H3. The van der Waals surface area contributed by atoms with Crippen molar-refractivity contribution in [2.45, 2.75) is 32.2 Å². The molecular weight excluding hydrogens is 248 g/mol. The molecule has 0 atom stereocenters. The van der Waals surface area contributed by atoms with Crippen molar-refractivity contribution in [1.29, 1.82) is 0 Å². The lowest BCUT2D eigenvalue weighted by Gasteiger charge is -2.31. The lowest BCUT2D eigenvalue weighted by molar-refractivity contribution is 0.208. The fraction of sp³-hybridized carbons (Fsp3) is 1.00. The van der Waals surface area contributed by atoms with Gasteiger partial charge in [-0.05, 0) is 38.9 Å². The van der Waals surface area contributed by atoms with E-state index >= 15 is 0 Å². The summed E-state index contributed by atoms with van der Waals surface area (Å²) in [5.41, 5.74) is 0. The van der Waals surface area contributed by atoms with E-state index < -0.39 is 10.0 Å². The molecule has 0 aromatic rings. The maximum Gasteiger partial charge on any atom is 0.213 e. The third kappa shape index (κ3) is 4.99. The molecule has 0 unspecified atom stereocenters. The van der Waals surface area contributed by atoms with Gasteiger partial charge in [0.2, 0.25) is 10.0 Å². The number of nitrogens with zero attached hydrogens (tertiary/aromatic N) is 1. The van der Waals surface area contributed by atoms with Gasteiger partial charge in [0, 0.05) is 11.9 Å². The molecule has 0 aromatic heterocycles. The molecule has 4 nitrogen and oxygen atoms in total. The van der Waals surface area contributed by atoms with Crippen LogP contribution in [0.4, 0.5) is 0 Å². The van der Waals surface area contributed by atoms with Crippen molar-refractivity contribution in [3.05, 3.63) is 0 Å². The van der Waals surface area contributed by atoms with Crippen LogP contribution in [0.1, 0.15) is 26.2 Å². The Hall–Kier alpha value is 0.160. The van der Waals surface area contributed by atoms with E-state index in [1.165, 1.54) is 0 Å². The molecule has 0 aromatic carbocycles. The van der Waals surface area contributed by atoms with Gasteiger partial charge in [0.1, 0.15) is 0 Å². The molecule has 1 N–H and O–H groups in total. The van der Waals surface area contributed by atoms with E-state index in [0.717, 1.165) is 38.9 Å². The summed E-state index contributed by atoms with van der Waals surface area (Å²) in [6.45, 7) is 5.25. The minimum absolute atomic E-state index is 0.0176. The third-order valence-corrected chi connectivity index (χ3v) is 4.67. The van der Waals surface area contributed by atoms with Crippen LogP contribution in [0, 0.1) is 0 Å². The van der Waals surface area contributed by atoms with Crippen LogP contribution in [0.25, 0.3) is 0 Å². The van der Waals surface area contributed by atoms with E-state index in [9.17, 15) is 8.42 Å². The first-order valence-electron chi connectivity index (χ1n) is 5.85. The predicted molar refractivity (Wildman–Crippen MR) is 67.4 cm³/mol. The van der Waals surface area contributed by atoms with Crippen molar-refractivity contribution in [3.8, 4) is 0 Å². The topological polar surface area (TPSA) is 49.4 Å². The molecule has 1 aliphatic heterocycles. The Labute approximate surface area is 103 Å². The highest BCUT2D eigenvalue weighted by molar-refractivity contribution is 7.89. The number of halogens is 1. The lowest BCUT2D eigenvalue weighted by atomic mass is 10.1. The Morgan fingerprint density at radius 1 is 1.38 bits per heavy atom. The van der Waals surface area contributed by atoms with Crippen LogP contribution in [-0.4, -0.2) is 50.6 Å². The molecule has 0 aliphatic carbocycles. The SMILES string of the molecule is CCCN1CCC(NS(=O)(=O)CCCl)CC1. The number of likely N-dealkylation sites (tertiary alicyclic amines) is 1. The number of sulfonamides is 1. The number of piperidine rings is 1. The highest BCUT2D eigenvalue weighted by Gasteiger charge is 2.22. The van der Waals surface area contributed by atoms with E-state index in [0.29, 0.717) is 0 Å². The van der Waals surface area contributed by atoms with Crippen molar-refractivity contribution < 1.29 is 8.42 Å². The van der Waals surface area contributed by atoms with Gasteiger partial charge in [-0.3, -0.25) is 0 Å². The van der Waals surface area contributed by atoms with Crippen LogP contribution in [0.5, 0.6) is 0 Å². The normalized spacial score (nSPS) is 20.1. The highest BCUT2D eigenvalue weighted by atomic mass is 35.5. The van der Waals surface area contributed by atoms with Crippen molar-refractivity contribution >= 4 is 21.6 Å². The summed E-state index contributed by atoms with van der Waals surface area (Å²) >= 11 is 5.44. The summed E-state index contributed by atoms with van der Waals surface area (Å²) in [5, 5.41) is 0. The van der Waals surface area contributed by atoms with E-state index in [2.05, 4.69) is 16.5 Å². The van der Waals surface area contributed by atoms with Gasteiger partial charge in [0.15, 0.2) is 0 Å². The van der Waals surface area contributed by atoms with Gasteiger partial charge in [-0.25, -0.2) is 13.1 Å². The smallest absolute Gasteiger partial charge is 0.213 e. The molecular formula is C10H21ClN2O2S. The molecule has 1 heterocycles. The zero-order valence-electron chi connectivity index (χ0n) is 9.78. The van der Waals surface area contributed by atoms with Gasteiger partial charge in [-0.2, -0.15) is 0 Å². The second kappa shape index (κ2) is 6.79. The molecule has 0 bridgehead atoms. The highest BCUT2D eigenvalue weighted by Crippen LogP contribution is 2.11. The number of nitrogens with one attached hydrogen (secondary N) is 1. The van der Waals surface area contributed by atoms with Crippen molar-refractivity contribution in [2.75, 3.05) is 31.3 Å². The fourth-order valence-corrected chi connectivity index (χ4v) is 3.68. The summed E-state index contributed by atoms with van der Waals surface area (Å²) in [6, 6.07) is 0.0984. The van der Waals surface area contributed by atoms with E-state index in [1.54, 1.807) is 0 Å². The Morgan fingerprint density at radius 2 is 2.00 bits per heavy atom. The lowest BCUT2D eigenvalue weighted by Crippen LogP contribution is -2.45. The Morgan fingerprint density at radius 3 is 2.50 bits per heavy atom. The molecule has 0 saturated carbocycles. The second-order valence-electron chi connectivity index (χ2n) is 4.24. The molecule has 0 spiro atoms. The minimum atomic E-state index is -3.16. The van der Waals surface area contributed by atoms with Gasteiger partial charge in [-0.15, -0.1) is 11.6 Å². The molecule has 1 aliphatic rings. The zero-order valence-corrected chi connectivity index (χ0v) is 11.4. The number of hydrogen-bond acceptors (Lipinski definition) is 3. The molecule has 6 heteroatoms. The average molecular weight is 269 g/mol. The van der Waals surface area contributed by atoms with Crippen molar-refractivity contribution in [3.63, 3.8) is 0 Å². The zero-order chi connectivity index (χ0) is 12.0. The summed E-state index contributed by atoms with van der Waals surface area (Å²) in [5.74, 6) is 0.174. The first-order chi connectivity index (χ1) is 7.57. The molecule has 0 amide bonds. The van der Waals surface area contributed by atoms with Crippen LogP contribution in [-0.2, 0) is 10.0 Å². The van der Waals surface area contributed by atoms with Crippen LogP contribution in [0.3, 0.4) is 0 Å². The molecule has 1 fully saturated rings. The van der Waals surface area contributed by atoms with Crippen LogP contribution < -0.4 is 4.72 Å². The minimum Gasteiger partial charge on any atom is -0.303 e. The Bertz CT molecular complexity index is 287. The van der Waals surface area contributed by atoms with Crippen molar-refractivity contribution in [1.82, 2.24) is 9.62 Å². The fourth-order valence-electron chi connectivity index (χ4n) is 2.01. The summed E-state index contributed by atoms with van der Waals surface area (Å²) in [4.78, 5) is 2.38. The van der Waals surface area contributed by atoms with Crippen LogP contribution >= 0.6 is 11.6 Å². The molecule has 96 valence electrons. The Kier molecular flexibility index (Phi) is 6.03. The first kappa shape index (κ1) is 14.2. The second-order valence-corrected chi connectivity index (χ2v) is 6.49. The molecule has 16 heavy (non-hydrogen) atoms. The average Bonchev–Trinajstić information content (AvgIpc) is 2.21. The van der Waals surface area contributed by atoms with Crippen LogP contribution in [0.15, 0.2) is 0 Å².